The summed E-state index contributed by atoms with van der Waals surface area (Å²) < 4.78 is 0. The number of aromatic nitrogens is 1. The number of carbonyl (C=O) groups is 1. The van der Waals surface area contributed by atoms with Crippen LogP contribution in [-0.2, 0) is 12.8 Å². The quantitative estimate of drug-likeness (QED) is 0.794. The first kappa shape index (κ1) is 13.9. The maximum atomic E-state index is 12.6. The Morgan fingerprint density at radius 1 is 1.23 bits per heavy atom. The van der Waals surface area contributed by atoms with Gasteiger partial charge in [-0.05, 0) is 37.3 Å². The van der Waals surface area contributed by atoms with Crippen molar-refractivity contribution in [1.29, 1.82) is 0 Å². The first-order valence-electron chi connectivity index (χ1n) is 7.94. The first-order chi connectivity index (χ1) is 10.8. The number of benzene rings is 1. The summed E-state index contributed by atoms with van der Waals surface area (Å²) in [6.45, 7) is 0.793. The summed E-state index contributed by atoms with van der Waals surface area (Å²) in [5, 5.41) is 4.89. The average Bonchev–Trinajstić information content (AvgIpc) is 3.09. The van der Waals surface area contributed by atoms with E-state index in [-0.39, 0.29) is 5.91 Å². The van der Waals surface area contributed by atoms with Gasteiger partial charge >= 0.3 is 0 Å². The molecule has 2 aliphatic rings. The van der Waals surface area contributed by atoms with E-state index < -0.39 is 0 Å². The van der Waals surface area contributed by atoms with E-state index in [4.69, 9.17) is 0 Å². The summed E-state index contributed by atoms with van der Waals surface area (Å²) in [6.07, 6.45) is 5.97. The van der Waals surface area contributed by atoms with Gasteiger partial charge in [0.25, 0.3) is 5.91 Å². The van der Waals surface area contributed by atoms with Crippen molar-refractivity contribution in [2.75, 3.05) is 12.3 Å². The van der Waals surface area contributed by atoms with Crippen LogP contribution in [0.5, 0.6) is 0 Å². The van der Waals surface area contributed by atoms with Crippen molar-refractivity contribution in [3.05, 3.63) is 35.0 Å². The number of rotatable bonds is 1. The molecule has 4 rings (SSSR count). The number of fused-ring (bicyclic) bond motifs is 3. The van der Waals surface area contributed by atoms with Gasteiger partial charge in [0.05, 0.1) is 17.6 Å². The Kier molecular flexibility index (Phi) is 3.66. The number of nitrogens with zero attached hydrogens (tertiary/aromatic N) is 1. The maximum Gasteiger partial charge on any atom is 0.259 e. The molecule has 22 heavy (non-hydrogen) atoms. The van der Waals surface area contributed by atoms with Crippen molar-refractivity contribution in [2.45, 2.75) is 32.1 Å². The number of carbonyl (C=O) groups excluding carboxylic acids is 1. The number of nitrogens with one attached hydrogen (secondary N) is 2. The molecule has 2 aromatic rings. The molecule has 2 N–H and O–H groups in total. The maximum absolute atomic E-state index is 12.6. The Labute approximate surface area is 133 Å². The van der Waals surface area contributed by atoms with Gasteiger partial charge in [-0.15, -0.1) is 0 Å². The van der Waals surface area contributed by atoms with Crippen LogP contribution >= 0.6 is 11.8 Å². The number of aliphatic imine (C=N–C) groups is 1. The van der Waals surface area contributed by atoms with E-state index in [9.17, 15) is 4.79 Å². The van der Waals surface area contributed by atoms with Gasteiger partial charge in [0, 0.05) is 16.8 Å². The smallest absolute Gasteiger partial charge is 0.259 e. The van der Waals surface area contributed by atoms with Crippen LogP contribution in [-0.4, -0.2) is 28.4 Å². The number of H-pyrrole nitrogens is 1. The van der Waals surface area contributed by atoms with E-state index in [1.807, 2.05) is 12.1 Å². The Hall–Kier alpha value is -1.75. The van der Waals surface area contributed by atoms with Gasteiger partial charge in [0.1, 0.15) is 0 Å². The predicted octanol–water partition coefficient (Wildman–Crippen LogP) is 3.27. The van der Waals surface area contributed by atoms with E-state index >= 15 is 0 Å². The van der Waals surface area contributed by atoms with E-state index in [1.165, 1.54) is 35.9 Å². The molecule has 0 unspecified atom stereocenters. The van der Waals surface area contributed by atoms with Gasteiger partial charge in [-0.25, -0.2) is 0 Å². The van der Waals surface area contributed by atoms with Crippen LogP contribution in [0.4, 0.5) is 0 Å². The molecule has 0 saturated heterocycles. The highest BCUT2D eigenvalue weighted by molar-refractivity contribution is 8.14. The Bertz CT molecular complexity index is 763. The van der Waals surface area contributed by atoms with Crippen molar-refractivity contribution in [1.82, 2.24) is 10.3 Å². The number of hydrogen-bond donors (Lipinski definition) is 2. The fourth-order valence-corrected chi connectivity index (χ4v) is 4.09. The monoisotopic (exact) mass is 313 g/mol. The third-order valence-corrected chi connectivity index (χ3v) is 5.33. The topological polar surface area (TPSA) is 57.2 Å². The average molecular weight is 313 g/mol. The normalized spacial score (nSPS) is 17.9. The summed E-state index contributed by atoms with van der Waals surface area (Å²) in [4.78, 5) is 20.4. The minimum absolute atomic E-state index is 0.0600. The molecule has 1 amide bonds. The second-order valence-corrected chi connectivity index (χ2v) is 6.94. The fraction of sp³-hybridized carbons (Fsp3) is 0.412. The molecular formula is C17H19N3OS. The molecule has 0 bridgehead atoms. The van der Waals surface area contributed by atoms with Crippen LogP contribution in [0.2, 0.25) is 0 Å². The molecule has 1 aliphatic carbocycles. The lowest BCUT2D eigenvalue weighted by Gasteiger charge is -2.05. The molecule has 1 aromatic heterocycles. The second kappa shape index (κ2) is 5.80. The van der Waals surface area contributed by atoms with Crippen molar-refractivity contribution in [2.24, 2.45) is 4.99 Å². The van der Waals surface area contributed by atoms with Crippen molar-refractivity contribution < 1.29 is 4.79 Å². The molecule has 5 heteroatoms. The van der Waals surface area contributed by atoms with E-state index in [1.54, 1.807) is 11.8 Å². The Balaban J connectivity index is 1.73. The standard InChI is InChI=1S/C17H19N3OS/c21-16(20-17-18-9-10-22-17)13-7-4-6-12-11-5-2-1-3-8-14(11)19-15(12)13/h4,6-7,19H,1-3,5,8-10H2,(H,18,20,21). The van der Waals surface area contributed by atoms with Crippen LogP contribution in [0, 0.1) is 0 Å². The number of para-hydroxylation sites is 1. The number of hydrogen-bond acceptors (Lipinski definition) is 3. The summed E-state index contributed by atoms with van der Waals surface area (Å²) in [5.74, 6) is 0.895. The SMILES string of the molecule is O=C(NC1=NCCS1)c1cccc2c3c([nH]c12)CCCCC3. The largest absolute Gasteiger partial charge is 0.358 e. The zero-order valence-corrected chi connectivity index (χ0v) is 13.3. The fourth-order valence-electron chi connectivity index (χ4n) is 3.37. The van der Waals surface area contributed by atoms with Crippen LogP contribution < -0.4 is 5.32 Å². The van der Waals surface area contributed by atoms with Gasteiger partial charge in [0.2, 0.25) is 0 Å². The highest BCUT2D eigenvalue weighted by atomic mass is 32.2. The van der Waals surface area contributed by atoms with Crippen molar-refractivity contribution in [3.8, 4) is 0 Å². The summed E-state index contributed by atoms with van der Waals surface area (Å²) >= 11 is 1.61. The lowest BCUT2D eigenvalue weighted by Crippen LogP contribution is -2.27. The molecule has 4 nitrogen and oxygen atoms in total. The van der Waals surface area contributed by atoms with Crippen LogP contribution in [0.15, 0.2) is 23.2 Å². The minimum Gasteiger partial charge on any atom is -0.358 e. The third kappa shape index (κ3) is 2.43. The number of amidine groups is 1. The summed E-state index contributed by atoms with van der Waals surface area (Å²) in [7, 11) is 0. The second-order valence-electron chi connectivity index (χ2n) is 5.86. The molecule has 114 valence electrons. The molecule has 0 atom stereocenters. The molecule has 0 saturated carbocycles. The van der Waals surface area contributed by atoms with Crippen LogP contribution in [0.3, 0.4) is 0 Å². The third-order valence-electron chi connectivity index (χ3n) is 4.43. The van der Waals surface area contributed by atoms with Crippen molar-refractivity contribution in [3.63, 3.8) is 0 Å². The predicted molar refractivity (Wildman–Crippen MR) is 91.8 cm³/mol. The van der Waals surface area contributed by atoms with Gasteiger partial charge in [-0.1, -0.05) is 30.3 Å². The number of thioether (sulfide) groups is 1. The lowest BCUT2D eigenvalue weighted by atomic mass is 10.0. The van der Waals surface area contributed by atoms with E-state index in [2.05, 4.69) is 21.4 Å². The first-order valence-corrected chi connectivity index (χ1v) is 8.92. The Morgan fingerprint density at radius 2 is 2.14 bits per heavy atom. The molecule has 2 heterocycles. The van der Waals surface area contributed by atoms with Crippen LogP contribution in [0.25, 0.3) is 10.9 Å². The molecular weight excluding hydrogens is 294 g/mol. The summed E-state index contributed by atoms with van der Waals surface area (Å²) in [6, 6.07) is 6.02. The van der Waals surface area contributed by atoms with Crippen LogP contribution in [0.1, 0.15) is 40.9 Å². The Morgan fingerprint density at radius 3 is 3.00 bits per heavy atom. The molecule has 1 aromatic carbocycles. The van der Waals surface area contributed by atoms with E-state index in [0.29, 0.717) is 0 Å². The van der Waals surface area contributed by atoms with Crippen molar-refractivity contribution >= 4 is 33.7 Å². The summed E-state index contributed by atoms with van der Waals surface area (Å²) in [5.41, 5.74) is 4.44. The van der Waals surface area contributed by atoms with Gasteiger partial charge in [-0.2, -0.15) is 0 Å². The molecule has 1 aliphatic heterocycles. The highest BCUT2D eigenvalue weighted by Gasteiger charge is 2.20. The molecule has 0 spiro atoms. The minimum atomic E-state index is -0.0600. The number of aromatic amines is 1. The number of aryl methyl sites for hydroxylation is 2. The van der Waals surface area contributed by atoms with Gasteiger partial charge in [-0.3, -0.25) is 9.79 Å². The molecule has 0 radical (unpaired) electrons. The lowest BCUT2D eigenvalue weighted by molar-refractivity contribution is 0.0979. The van der Waals surface area contributed by atoms with E-state index in [0.717, 1.165) is 41.4 Å². The zero-order valence-electron chi connectivity index (χ0n) is 12.4. The molecule has 0 fully saturated rings. The highest BCUT2D eigenvalue weighted by Crippen LogP contribution is 2.30. The van der Waals surface area contributed by atoms with Gasteiger partial charge < -0.3 is 10.3 Å². The number of amides is 1. The zero-order chi connectivity index (χ0) is 14.9. The van der Waals surface area contributed by atoms with Gasteiger partial charge in [0.15, 0.2) is 5.17 Å².